The highest BCUT2D eigenvalue weighted by Gasteiger charge is 2.27. The highest BCUT2D eigenvalue weighted by molar-refractivity contribution is 5.93. The molecular formula is C15H17FN4O2. The van der Waals surface area contributed by atoms with Gasteiger partial charge < -0.3 is 10.1 Å². The molecule has 0 saturated heterocycles. The largest absolute Gasteiger partial charge is 0.365 e. The fraction of sp³-hybridized carbons (Fsp3) is 0.400. The lowest BCUT2D eigenvalue weighted by Gasteiger charge is -2.24. The van der Waals surface area contributed by atoms with Crippen LogP contribution in [0.2, 0.25) is 0 Å². The monoisotopic (exact) mass is 304 g/mol. The molecule has 6 nitrogen and oxygen atoms in total. The van der Waals surface area contributed by atoms with Crippen molar-refractivity contribution < 1.29 is 13.9 Å². The van der Waals surface area contributed by atoms with Crippen LogP contribution < -0.4 is 5.32 Å². The van der Waals surface area contributed by atoms with E-state index in [1.807, 2.05) is 13.8 Å². The number of ether oxygens (including phenoxy) is 1. The Balaban J connectivity index is 1.79. The molecule has 1 aliphatic heterocycles. The molecule has 1 atom stereocenters. The summed E-state index contributed by atoms with van der Waals surface area (Å²) in [6.45, 7) is 4.46. The van der Waals surface area contributed by atoms with E-state index in [1.54, 1.807) is 16.8 Å². The van der Waals surface area contributed by atoms with Crippen molar-refractivity contribution in [1.29, 1.82) is 0 Å². The minimum Gasteiger partial charge on any atom is -0.365 e. The fourth-order valence-corrected chi connectivity index (χ4v) is 2.40. The first-order valence-electron chi connectivity index (χ1n) is 7.15. The SMILES string of the molecule is CC(C)NC(=O)c1nnn2c1CO[C@@H](c1ccc(F)cc1)C2. The van der Waals surface area contributed by atoms with E-state index < -0.39 is 0 Å². The van der Waals surface area contributed by atoms with Crippen molar-refractivity contribution in [3.05, 3.63) is 47.0 Å². The summed E-state index contributed by atoms with van der Waals surface area (Å²) in [5, 5.41) is 10.8. The third kappa shape index (κ3) is 2.85. The van der Waals surface area contributed by atoms with Gasteiger partial charge in [-0.25, -0.2) is 9.07 Å². The van der Waals surface area contributed by atoms with Crippen LogP contribution in [0.15, 0.2) is 24.3 Å². The minimum absolute atomic E-state index is 0.0290. The number of benzene rings is 1. The van der Waals surface area contributed by atoms with Gasteiger partial charge in [0.25, 0.3) is 5.91 Å². The second-order valence-corrected chi connectivity index (χ2v) is 5.55. The van der Waals surface area contributed by atoms with Crippen molar-refractivity contribution in [2.75, 3.05) is 0 Å². The van der Waals surface area contributed by atoms with E-state index in [2.05, 4.69) is 15.6 Å². The van der Waals surface area contributed by atoms with E-state index in [0.29, 0.717) is 17.9 Å². The van der Waals surface area contributed by atoms with Crippen molar-refractivity contribution in [1.82, 2.24) is 20.3 Å². The van der Waals surface area contributed by atoms with Gasteiger partial charge >= 0.3 is 0 Å². The highest BCUT2D eigenvalue weighted by atomic mass is 19.1. The molecule has 116 valence electrons. The summed E-state index contributed by atoms with van der Waals surface area (Å²) in [4.78, 5) is 12.1. The van der Waals surface area contributed by atoms with Crippen molar-refractivity contribution in [3.63, 3.8) is 0 Å². The molecule has 0 bridgehead atoms. The van der Waals surface area contributed by atoms with Crippen molar-refractivity contribution in [2.24, 2.45) is 0 Å². The predicted molar refractivity (Wildman–Crippen MR) is 76.6 cm³/mol. The van der Waals surface area contributed by atoms with Crippen molar-refractivity contribution in [2.45, 2.75) is 39.1 Å². The fourth-order valence-electron chi connectivity index (χ4n) is 2.40. The topological polar surface area (TPSA) is 69.0 Å². The molecule has 0 aliphatic carbocycles. The molecule has 1 aromatic heterocycles. The number of nitrogens with zero attached hydrogens (tertiary/aromatic N) is 3. The highest BCUT2D eigenvalue weighted by Crippen LogP contribution is 2.27. The maximum atomic E-state index is 13.0. The van der Waals surface area contributed by atoms with Gasteiger partial charge in [0, 0.05) is 6.04 Å². The Bertz CT molecular complexity index is 681. The average molecular weight is 304 g/mol. The van der Waals surface area contributed by atoms with E-state index in [1.165, 1.54) is 12.1 Å². The average Bonchev–Trinajstić information content (AvgIpc) is 2.90. The summed E-state index contributed by atoms with van der Waals surface area (Å²) >= 11 is 0. The number of halogens is 1. The maximum absolute atomic E-state index is 13.0. The summed E-state index contributed by atoms with van der Waals surface area (Å²) < 4.78 is 20.4. The molecule has 0 spiro atoms. The molecule has 1 N–H and O–H groups in total. The zero-order valence-electron chi connectivity index (χ0n) is 12.4. The van der Waals surface area contributed by atoms with Crippen LogP contribution in [0.3, 0.4) is 0 Å². The number of carbonyl (C=O) groups excluding carboxylic acids is 1. The number of hydrogen-bond donors (Lipinski definition) is 1. The molecule has 0 saturated carbocycles. The summed E-state index contributed by atoms with van der Waals surface area (Å²) in [6.07, 6.45) is -0.226. The van der Waals surface area contributed by atoms with Gasteiger partial charge in [0.05, 0.1) is 18.8 Å². The summed E-state index contributed by atoms with van der Waals surface area (Å²) in [6, 6.07) is 6.21. The van der Waals surface area contributed by atoms with Crippen LogP contribution in [0.5, 0.6) is 0 Å². The van der Waals surface area contributed by atoms with E-state index in [-0.39, 0.29) is 30.5 Å². The third-order valence-electron chi connectivity index (χ3n) is 3.47. The Kier molecular flexibility index (Phi) is 3.89. The van der Waals surface area contributed by atoms with Crippen LogP contribution in [0, 0.1) is 5.82 Å². The third-order valence-corrected chi connectivity index (χ3v) is 3.47. The lowest BCUT2D eigenvalue weighted by Crippen LogP contribution is -2.32. The number of aromatic nitrogens is 3. The van der Waals surface area contributed by atoms with Gasteiger partial charge in [-0.05, 0) is 31.5 Å². The lowest BCUT2D eigenvalue weighted by molar-refractivity contribution is -0.00181. The molecule has 3 rings (SSSR count). The van der Waals surface area contributed by atoms with Gasteiger partial charge in [-0.3, -0.25) is 4.79 Å². The molecule has 1 aliphatic rings. The smallest absolute Gasteiger partial charge is 0.274 e. The second-order valence-electron chi connectivity index (χ2n) is 5.55. The minimum atomic E-state index is -0.284. The van der Waals surface area contributed by atoms with E-state index in [0.717, 1.165) is 5.56 Å². The summed E-state index contributed by atoms with van der Waals surface area (Å²) in [5.74, 6) is -0.534. The Labute approximate surface area is 127 Å². The van der Waals surface area contributed by atoms with Crippen molar-refractivity contribution >= 4 is 5.91 Å². The Morgan fingerprint density at radius 2 is 2.14 bits per heavy atom. The zero-order chi connectivity index (χ0) is 15.7. The molecule has 1 amide bonds. The summed E-state index contributed by atoms with van der Waals surface area (Å²) in [5.41, 5.74) is 1.83. The van der Waals surface area contributed by atoms with Gasteiger partial charge in [-0.1, -0.05) is 17.3 Å². The van der Waals surface area contributed by atoms with Crippen LogP contribution in [0.1, 0.15) is 41.7 Å². The summed E-state index contributed by atoms with van der Waals surface area (Å²) in [7, 11) is 0. The quantitative estimate of drug-likeness (QED) is 0.939. The molecule has 22 heavy (non-hydrogen) atoms. The van der Waals surface area contributed by atoms with Gasteiger partial charge in [0.2, 0.25) is 0 Å². The second kappa shape index (κ2) is 5.84. The molecule has 1 aromatic carbocycles. The zero-order valence-corrected chi connectivity index (χ0v) is 12.4. The molecule has 7 heteroatoms. The van der Waals surface area contributed by atoms with Gasteiger partial charge in [-0.2, -0.15) is 0 Å². The van der Waals surface area contributed by atoms with Crippen LogP contribution in [0.25, 0.3) is 0 Å². The van der Waals surface area contributed by atoms with E-state index in [4.69, 9.17) is 4.74 Å². The van der Waals surface area contributed by atoms with Crippen molar-refractivity contribution in [3.8, 4) is 0 Å². The Hall–Kier alpha value is -2.28. The number of rotatable bonds is 3. The van der Waals surface area contributed by atoms with Crippen LogP contribution >= 0.6 is 0 Å². The van der Waals surface area contributed by atoms with Crippen LogP contribution in [-0.4, -0.2) is 26.9 Å². The Morgan fingerprint density at radius 3 is 2.82 bits per heavy atom. The molecule has 0 radical (unpaired) electrons. The van der Waals surface area contributed by atoms with Crippen LogP contribution in [-0.2, 0) is 17.9 Å². The maximum Gasteiger partial charge on any atom is 0.274 e. The number of fused-ring (bicyclic) bond motifs is 1. The molecule has 0 fully saturated rings. The number of amides is 1. The first-order chi connectivity index (χ1) is 10.5. The molecular weight excluding hydrogens is 287 g/mol. The lowest BCUT2D eigenvalue weighted by atomic mass is 10.1. The van der Waals surface area contributed by atoms with Gasteiger partial charge in [0.1, 0.15) is 11.9 Å². The normalized spacial score (nSPS) is 17.4. The predicted octanol–water partition coefficient (Wildman–Crippen LogP) is 1.83. The van der Waals surface area contributed by atoms with E-state index in [9.17, 15) is 9.18 Å². The van der Waals surface area contributed by atoms with Gasteiger partial charge in [-0.15, -0.1) is 5.10 Å². The first kappa shape index (κ1) is 14.6. The first-order valence-corrected chi connectivity index (χ1v) is 7.15. The molecule has 2 aromatic rings. The number of hydrogen-bond acceptors (Lipinski definition) is 4. The number of carbonyl (C=O) groups is 1. The molecule has 0 unspecified atom stereocenters. The Morgan fingerprint density at radius 1 is 1.41 bits per heavy atom. The van der Waals surface area contributed by atoms with E-state index >= 15 is 0 Å². The van der Waals surface area contributed by atoms with Gasteiger partial charge in [0.15, 0.2) is 5.69 Å². The standard InChI is InChI=1S/C15H17FN4O2/c1-9(2)17-15(21)14-12-8-22-13(7-20(12)19-18-14)10-3-5-11(16)6-4-10/h3-6,9,13H,7-8H2,1-2H3,(H,17,21)/t13-/m1/s1. The van der Waals surface area contributed by atoms with Crippen LogP contribution in [0.4, 0.5) is 4.39 Å². The molecule has 2 heterocycles. The number of nitrogens with one attached hydrogen (secondary N) is 1.